The summed E-state index contributed by atoms with van der Waals surface area (Å²) in [6.07, 6.45) is -2.28. The van der Waals surface area contributed by atoms with Gasteiger partial charge < -0.3 is 19.3 Å². The van der Waals surface area contributed by atoms with Crippen LogP contribution < -0.4 is 14.2 Å². The summed E-state index contributed by atoms with van der Waals surface area (Å²) in [6.45, 7) is 0.776. The monoisotopic (exact) mass is 410 g/mol. The Kier molecular flexibility index (Phi) is 6.51. The molecule has 0 heterocycles. The van der Waals surface area contributed by atoms with Gasteiger partial charge in [0.15, 0.2) is 0 Å². The lowest BCUT2D eigenvalue weighted by molar-refractivity contribution is -0.274. The molecule has 0 spiro atoms. The summed E-state index contributed by atoms with van der Waals surface area (Å²) in [5.74, 6) is 0.161. The van der Waals surface area contributed by atoms with Crippen LogP contribution in [0.3, 0.4) is 0 Å². The summed E-state index contributed by atoms with van der Waals surface area (Å²) in [5, 5.41) is 8.97. The van der Waals surface area contributed by atoms with E-state index in [1.165, 1.54) is 24.3 Å². The highest BCUT2D eigenvalue weighted by Crippen LogP contribution is 2.37. The second kappa shape index (κ2) is 9.07. The third kappa shape index (κ3) is 6.30. The van der Waals surface area contributed by atoms with Crippen molar-refractivity contribution in [1.29, 1.82) is 0 Å². The molecule has 0 radical (unpaired) electrons. The molecular weight excluding hydrogens is 389 g/mol. The Labute approximate surface area is 166 Å². The van der Waals surface area contributed by atoms with Gasteiger partial charge in [-0.15, -0.1) is 13.2 Å². The van der Waals surface area contributed by atoms with Crippen LogP contribution in [0.2, 0.25) is 0 Å². The number of ether oxygens (including phenoxy) is 3. The molecule has 0 aliphatic heterocycles. The van der Waals surface area contributed by atoms with Crippen molar-refractivity contribution in [2.45, 2.75) is 38.0 Å². The van der Waals surface area contributed by atoms with Crippen LogP contribution in [0.25, 0.3) is 0 Å². The normalized spacial score (nSPS) is 15.6. The van der Waals surface area contributed by atoms with Gasteiger partial charge in [-0.3, -0.25) is 4.79 Å². The fourth-order valence-electron chi connectivity index (χ4n) is 3.37. The third-order valence-electron chi connectivity index (χ3n) is 4.62. The maximum atomic E-state index is 12.1. The van der Waals surface area contributed by atoms with E-state index in [1.54, 1.807) is 0 Å². The summed E-state index contributed by atoms with van der Waals surface area (Å²) in [5.41, 5.74) is 2.21. The van der Waals surface area contributed by atoms with Crippen LogP contribution in [0.1, 0.15) is 36.3 Å². The molecule has 0 fully saturated rings. The number of hydrogen-bond donors (Lipinski definition) is 1. The Morgan fingerprint density at radius 1 is 1.00 bits per heavy atom. The first-order valence-corrected chi connectivity index (χ1v) is 9.26. The van der Waals surface area contributed by atoms with E-state index in [9.17, 15) is 18.0 Å². The minimum Gasteiger partial charge on any atom is -0.493 e. The van der Waals surface area contributed by atoms with Crippen LogP contribution in [0.4, 0.5) is 13.2 Å². The molecule has 0 bridgehead atoms. The van der Waals surface area contributed by atoms with Crippen molar-refractivity contribution in [3.63, 3.8) is 0 Å². The summed E-state index contributed by atoms with van der Waals surface area (Å²) >= 11 is 0. The number of aryl methyl sites for hydroxylation is 1. The van der Waals surface area contributed by atoms with Crippen LogP contribution >= 0.6 is 0 Å². The molecule has 156 valence electrons. The molecule has 5 nitrogen and oxygen atoms in total. The average Bonchev–Trinajstić information content (AvgIpc) is 3.03. The molecule has 29 heavy (non-hydrogen) atoms. The highest BCUT2D eigenvalue weighted by molar-refractivity contribution is 5.68. The van der Waals surface area contributed by atoms with Gasteiger partial charge in [-0.1, -0.05) is 6.07 Å². The number of fused-ring (bicyclic) bond motifs is 1. The Morgan fingerprint density at radius 2 is 1.62 bits per heavy atom. The molecule has 1 aliphatic carbocycles. The zero-order valence-electron chi connectivity index (χ0n) is 15.6. The van der Waals surface area contributed by atoms with Gasteiger partial charge in [-0.05, 0) is 66.3 Å². The number of aliphatic carboxylic acids is 1. The maximum absolute atomic E-state index is 12.1. The fourth-order valence-corrected chi connectivity index (χ4v) is 3.37. The minimum atomic E-state index is -4.71. The molecule has 0 amide bonds. The summed E-state index contributed by atoms with van der Waals surface area (Å²) in [7, 11) is 0. The molecule has 8 heteroatoms. The number of halogens is 3. The Balaban J connectivity index is 1.39. The van der Waals surface area contributed by atoms with E-state index in [2.05, 4.69) is 4.74 Å². The number of alkyl halides is 3. The maximum Gasteiger partial charge on any atom is 0.573 e. The zero-order chi connectivity index (χ0) is 20.9. The first-order chi connectivity index (χ1) is 13.8. The van der Waals surface area contributed by atoms with E-state index in [0.29, 0.717) is 25.4 Å². The predicted octanol–water partition coefficient (Wildman–Crippen LogP) is 4.94. The number of benzene rings is 2. The van der Waals surface area contributed by atoms with Gasteiger partial charge in [0.25, 0.3) is 0 Å². The molecule has 3 rings (SSSR count). The molecule has 0 saturated heterocycles. The smallest absolute Gasteiger partial charge is 0.493 e. The van der Waals surface area contributed by atoms with Gasteiger partial charge >= 0.3 is 12.3 Å². The quantitative estimate of drug-likeness (QED) is 0.594. The van der Waals surface area contributed by atoms with Crippen molar-refractivity contribution in [1.82, 2.24) is 0 Å². The van der Waals surface area contributed by atoms with Crippen LogP contribution in [0.5, 0.6) is 17.2 Å². The number of carboxylic acid groups (broad SMARTS) is 1. The number of carbonyl (C=O) groups is 1. The second-order valence-electron chi connectivity index (χ2n) is 6.76. The van der Waals surface area contributed by atoms with E-state index < -0.39 is 12.3 Å². The van der Waals surface area contributed by atoms with E-state index in [1.807, 2.05) is 18.2 Å². The van der Waals surface area contributed by atoms with Crippen molar-refractivity contribution in [2.75, 3.05) is 13.2 Å². The van der Waals surface area contributed by atoms with Gasteiger partial charge in [0.2, 0.25) is 0 Å². The molecule has 1 atom stereocenters. The van der Waals surface area contributed by atoms with Crippen LogP contribution in [0, 0.1) is 0 Å². The van der Waals surface area contributed by atoms with Gasteiger partial charge in [-0.25, -0.2) is 0 Å². The van der Waals surface area contributed by atoms with Gasteiger partial charge in [0.05, 0.1) is 19.6 Å². The Hall–Kier alpha value is -2.90. The molecule has 2 aromatic carbocycles. The van der Waals surface area contributed by atoms with Gasteiger partial charge in [-0.2, -0.15) is 0 Å². The molecule has 2 aromatic rings. The summed E-state index contributed by atoms with van der Waals surface area (Å²) < 4.78 is 51.4. The molecule has 1 N–H and O–H groups in total. The minimum absolute atomic E-state index is 0.0675. The topological polar surface area (TPSA) is 65.0 Å². The average molecular weight is 410 g/mol. The van der Waals surface area contributed by atoms with E-state index in [4.69, 9.17) is 14.6 Å². The van der Waals surface area contributed by atoms with Crippen molar-refractivity contribution in [3.8, 4) is 17.2 Å². The van der Waals surface area contributed by atoms with Gasteiger partial charge in [0.1, 0.15) is 17.2 Å². The van der Waals surface area contributed by atoms with Crippen molar-refractivity contribution >= 4 is 5.97 Å². The van der Waals surface area contributed by atoms with Crippen LogP contribution in [0.15, 0.2) is 42.5 Å². The summed E-state index contributed by atoms with van der Waals surface area (Å²) in [6, 6.07) is 11.0. The summed E-state index contributed by atoms with van der Waals surface area (Å²) in [4.78, 5) is 10.9. The lowest BCUT2D eigenvalue weighted by Crippen LogP contribution is -2.17. The van der Waals surface area contributed by atoms with Gasteiger partial charge in [0, 0.05) is 6.42 Å². The lowest BCUT2D eigenvalue weighted by atomic mass is 9.98. The van der Waals surface area contributed by atoms with Crippen molar-refractivity contribution < 1.29 is 37.3 Å². The largest absolute Gasteiger partial charge is 0.573 e. The first kappa shape index (κ1) is 20.8. The highest BCUT2D eigenvalue weighted by Gasteiger charge is 2.31. The second-order valence-corrected chi connectivity index (χ2v) is 6.76. The third-order valence-corrected chi connectivity index (χ3v) is 4.62. The van der Waals surface area contributed by atoms with Crippen LogP contribution in [-0.4, -0.2) is 30.7 Å². The molecule has 0 aromatic heterocycles. The predicted molar refractivity (Wildman–Crippen MR) is 98.5 cm³/mol. The van der Waals surface area contributed by atoms with E-state index in [0.717, 1.165) is 29.7 Å². The first-order valence-electron chi connectivity index (χ1n) is 9.26. The number of hydrogen-bond acceptors (Lipinski definition) is 4. The lowest BCUT2D eigenvalue weighted by Gasteiger charge is -2.12. The molecule has 0 saturated carbocycles. The Bertz CT molecular complexity index is 833. The molecule has 0 unspecified atom stereocenters. The van der Waals surface area contributed by atoms with Crippen LogP contribution in [-0.2, 0) is 11.2 Å². The Morgan fingerprint density at radius 3 is 2.28 bits per heavy atom. The molecule has 1 aliphatic rings. The fraction of sp³-hybridized carbons (Fsp3) is 0.381. The van der Waals surface area contributed by atoms with E-state index >= 15 is 0 Å². The van der Waals surface area contributed by atoms with E-state index in [-0.39, 0.29) is 18.1 Å². The van der Waals surface area contributed by atoms with Crippen molar-refractivity contribution in [2.24, 2.45) is 0 Å². The molecular formula is C21H21F3O5. The standard InChI is InChI=1S/C21H21F3O5/c22-21(23,24)29-17-6-4-16(5-7-17)27-10-1-11-28-18-8-9-19-14(12-18)2-3-15(19)13-20(25)26/h4-9,12,15H,1-3,10-11,13H2,(H,25,26)/t15-/m0/s1. The SMILES string of the molecule is O=C(O)C[C@@H]1CCc2cc(OCCCOc3ccc(OC(F)(F)F)cc3)ccc21. The van der Waals surface area contributed by atoms with Crippen molar-refractivity contribution in [3.05, 3.63) is 53.6 Å². The number of rotatable bonds is 9. The zero-order valence-corrected chi connectivity index (χ0v) is 15.6. The highest BCUT2D eigenvalue weighted by atomic mass is 19.4. The number of carboxylic acids is 1.